The van der Waals surface area contributed by atoms with Crippen molar-refractivity contribution in [3.05, 3.63) is 0 Å². The fourth-order valence-electron chi connectivity index (χ4n) is 2.24. The number of hydrogen-bond donors (Lipinski definition) is 2. The topological polar surface area (TPSA) is 50.4 Å². The van der Waals surface area contributed by atoms with Gasteiger partial charge in [-0.05, 0) is 32.7 Å². The lowest BCUT2D eigenvalue weighted by Gasteiger charge is -2.22. The number of carbonyl (C=O) groups excluding carboxylic acids is 1. The number of nitrogens with one attached hydrogen (secondary N) is 2. The fraction of sp³-hybridized carbons (Fsp3) is 0.909. The minimum absolute atomic E-state index is 0.169. The van der Waals surface area contributed by atoms with Crippen molar-refractivity contribution in [1.29, 1.82) is 0 Å². The first-order chi connectivity index (χ1) is 7.21. The molecular weight excluding hydrogens is 192 g/mol. The minimum Gasteiger partial charge on any atom is -0.376 e. The molecule has 0 spiro atoms. The Morgan fingerprint density at radius 1 is 1.67 bits per heavy atom. The first kappa shape index (κ1) is 10.9. The molecule has 0 aromatic rings. The summed E-state index contributed by atoms with van der Waals surface area (Å²) in [5.74, 6) is 0.169. The van der Waals surface area contributed by atoms with Crippen molar-refractivity contribution in [1.82, 2.24) is 10.6 Å². The van der Waals surface area contributed by atoms with Crippen LogP contribution < -0.4 is 10.6 Å². The first-order valence-corrected chi connectivity index (χ1v) is 5.81. The zero-order valence-corrected chi connectivity index (χ0v) is 9.34. The Bertz CT molecular complexity index is 231. The van der Waals surface area contributed by atoms with E-state index in [0.29, 0.717) is 6.54 Å². The Morgan fingerprint density at radius 2 is 2.53 bits per heavy atom. The molecule has 2 heterocycles. The van der Waals surface area contributed by atoms with Gasteiger partial charge in [0.05, 0.1) is 11.5 Å². The lowest BCUT2D eigenvalue weighted by atomic mass is 9.89. The molecule has 1 amide bonds. The predicted octanol–water partition coefficient (Wildman–Crippen LogP) is 0.281. The van der Waals surface area contributed by atoms with Crippen LogP contribution in [-0.2, 0) is 9.53 Å². The lowest BCUT2D eigenvalue weighted by Crippen LogP contribution is -2.43. The summed E-state index contributed by atoms with van der Waals surface area (Å²) in [5.41, 5.74) is -0.210. The SMILES string of the molecule is CC1(C(=O)NCC2CCCO2)CCNC1. The lowest BCUT2D eigenvalue weighted by molar-refractivity contribution is -0.129. The molecule has 0 radical (unpaired) electrons. The summed E-state index contributed by atoms with van der Waals surface area (Å²) in [6, 6.07) is 0. The number of ether oxygens (including phenoxy) is 1. The van der Waals surface area contributed by atoms with Gasteiger partial charge in [-0.25, -0.2) is 0 Å². The van der Waals surface area contributed by atoms with E-state index in [1.807, 2.05) is 6.92 Å². The van der Waals surface area contributed by atoms with Crippen LogP contribution >= 0.6 is 0 Å². The average molecular weight is 212 g/mol. The van der Waals surface area contributed by atoms with E-state index >= 15 is 0 Å². The Morgan fingerprint density at radius 3 is 3.13 bits per heavy atom. The van der Waals surface area contributed by atoms with Crippen molar-refractivity contribution < 1.29 is 9.53 Å². The van der Waals surface area contributed by atoms with Crippen molar-refractivity contribution in [3.8, 4) is 0 Å². The Balaban J connectivity index is 1.76. The molecule has 0 bridgehead atoms. The second-order valence-electron chi connectivity index (χ2n) is 4.83. The summed E-state index contributed by atoms with van der Waals surface area (Å²) >= 11 is 0. The maximum atomic E-state index is 11.9. The van der Waals surface area contributed by atoms with Crippen LogP contribution in [0.2, 0.25) is 0 Å². The Labute approximate surface area is 90.8 Å². The third kappa shape index (κ3) is 2.49. The Hall–Kier alpha value is -0.610. The number of amides is 1. The highest BCUT2D eigenvalue weighted by atomic mass is 16.5. The molecule has 0 aliphatic carbocycles. The smallest absolute Gasteiger partial charge is 0.227 e. The maximum Gasteiger partial charge on any atom is 0.227 e. The van der Waals surface area contributed by atoms with Crippen LogP contribution in [0.25, 0.3) is 0 Å². The third-order valence-corrected chi connectivity index (χ3v) is 3.43. The van der Waals surface area contributed by atoms with E-state index in [1.165, 1.54) is 0 Å². The van der Waals surface area contributed by atoms with Crippen LogP contribution in [0, 0.1) is 5.41 Å². The van der Waals surface area contributed by atoms with E-state index in [-0.39, 0.29) is 17.4 Å². The molecular formula is C11H20N2O2. The molecule has 4 nitrogen and oxygen atoms in total. The third-order valence-electron chi connectivity index (χ3n) is 3.43. The molecule has 0 aromatic heterocycles. The van der Waals surface area contributed by atoms with Gasteiger partial charge in [0, 0.05) is 19.7 Å². The summed E-state index contributed by atoms with van der Waals surface area (Å²) in [5, 5.41) is 6.23. The van der Waals surface area contributed by atoms with Crippen molar-refractivity contribution in [2.45, 2.75) is 32.3 Å². The van der Waals surface area contributed by atoms with E-state index in [0.717, 1.165) is 39.0 Å². The van der Waals surface area contributed by atoms with Crippen molar-refractivity contribution >= 4 is 5.91 Å². The van der Waals surface area contributed by atoms with Gasteiger partial charge in [0.25, 0.3) is 0 Å². The molecule has 2 saturated heterocycles. The molecule has 2 aliphatic heterocycles. The molecule has 2 rings (SSSR count). The highest BCUT2D eigenvalue weighted by Crippen LogP contribution is 2.24. The van der Waals surface area contributed by atoms with Gasteiger partial charge in [0.2, 0.25) is 5.91 Å². The molecule has 2 N–H and O–H groups in total. The summed E-state index contributed by atoms with van der Waals surface area (Å²) in [4.78, 5) is 11.9. The maximum absolute atomic E-state index is 11.9. The molecule has 2 unspecified atom stereocenters. The van der Waals surface area contributed by atoms with Crippen LogP contribution in [0.1, 0.15) is 26.2 Å². The normalized spacial score (nSPS) is 35.7. The second kappa shape index (κ2) is 4.49. The monoisotopic (exact) mass is 212 g/mol. The first-order valence-electron chi connectivity index (χ1n) is 5.81. The van der Waals surface area contributed by atoms with Crippen LogP contribution in [0.5, 0.6) is 0 Å². The minimum atomic E-state index is -0.210. The Kier molecular flexibility index (Phi) is 3.26. The molecule has 2 atom stereocenters. The van der Waals surface area contributed by atoms with Gasteiger partial charge < -0.3 is 15.4 Å². The van der Waals surface area contributed by atoms with Crippen molar-refractivity contribution in [2.75, 3.05) is 26.2 Å². The highest BCUT2D eigenvalue weighted by Gasteiger charge is 2.36. The molecule has 4 heteroatoms. The second-order valence-corrected chi connectivity index (χ2v) is 4.83. The average Bonchev–Trinajstić information content (AvgIpc) is 2.85. The summed E-state index contributed by atoms with van der Waals surface area (Å²) in [6.07, 6.45) is 3.38. The zero-order chi connectivity index (χ0) is 10.7. The summed E-state index contributed by atoms with van der Waals surface area (Å²) in [6.45, 7) is 5.29. The molecule has 2 fully saturated rings. The zero-order valence-electron chi connectivity index (χ0n) is 9.34. The van der Waals surface area contributed by atoms with Crippen molar-refractivity contribution in [2.24, 2.45) is 5.41 Å². The van der Waals surface area contributed by atoms with Crippen LogP contribution in [-0.4, -0.2) is 38.3 Å². The molecule has 86 valence electrons. The van der Waals surface area contributed by atoms with Crippen LogP contribution in [0.15, 0.2) is 0 Å². The van der Waals surface area contributed by atoms with E-state index in [1.54, 1.807) is 0 Å². The number of carbonyl (C=O) groups is 1. The van der Waals surface area contributed by atoms with E-state index in [9.17, 15) is 4.79 Å². The van der Waals surface area contributed by atoms with E-state index in [2.05, 4.69) is 10.6 Å². The molecule has 0 saturated carbocycles. The molecule has 2 aliphatic rings. The standard InChI is InChI=1S/C11H20N2O2/c1-11(4-5-12-8-11)10(14)13-7-9-3-2-6-15-9/h9,12H,2-8H2,1H3,(H,13,14). The van der Waals surface area contributed by atoms with Gasteiger partial charge >= 0.3 is 0 Å². The predicted molar refractivity (Wildman–Crippen MR) is 57.6 cm³/mol. The van der Waals surface area contributed by atoms with E-state index < -0.39 is 0 Å². The van der Waals surface area contributed by atoms with Gasteiger partial charge in [-0.15, -0.1) is 0 Å². The van der Waals surface area contributed by atoms with Crippen LogP contribution in [0.3, 0.4) is 0 Å². The van der Waals surface area contributed by atoms with Gasteiger partial charge in [-0.1, -0.05) is 0 Å². The van der Waals surface area contributed by atoms with Gasteiger partial charge in [0.1, 0.15) is 0 Å². The molecule has 0 aromatic carbocycles. The van der Waals surface area contributed by atoms with Gasteiger partial charge in [-0.3, -0.25) is 4.79 Å². The van der Waals surface area contributed by atoms with Gasteiger partial charge in [0.15, 0.2) is 0 Å². The summed E-state index contributed by atoms with van der Waals surface area (Å²) in [7, 11) is 0. The summed E-state index contributed by atoms with van der Waals surface area (Å²) < 4.78 is 5.47. The molecule has 15 heavy (non-hydrogen) atoms. The number of rotatable bonds is 3. The van der Waals surface area contributed by atoms with Gasteiger partial charge in [-0.2, -0.15) is 0 Å². The quantitative estimate of drug-likeness (QED) is 0.706. The van der Waals surface area contributed by atoms with Crippen LogP contribution in [0.4, 0.5) is 0 Å². The highest BCUT2D eigenvalue weighted by molar-refractivity contribution is 5.82. The van der Waals surface area contributed by atoms with E-state index in [4.69, 9.17) is 4.74 Å². The fourth-order valence-corrected chi connectivity index (χ4v) is 2.24. The van der Waals surface area contributed by atoms with Crippen molar-refractivity contribution in [3.63, 3.8) is 0 Å². The number of hydrogen-bond acceptors (Lipinski definition) is 3. The largest absolute Gasteiger partial charge is 0.376 e.